The van der Waals surface area contributed by atoms with E-state index < -0.39 is 16.6 Å². The fraction of sp³-hybridized carbons (Fsp3) is 0.718. The van der Waals surface area contributed by atoms with Crippen LogP contribution in [0.3, 0.4) is 0 Å². The van der Waals surface area contributed by atoms with Gasteiger partial charge in [0.25, 0.3) is 0 Å². The van der Waals surface area contributed by atoms with E-state index in [1.54, 1.807) is 0 Å². The largest absolute Gasteiger partial charge is 0.493 e. The number of benzene rings is 1. The van der Waals surface area contributed by atoms with E-state index in [0.29, 0.717) is 6.42 Å². The zero-order chi connectivity index (χ0) is 35.0. The van der Waals surface area contributed by atoms with Gasteiger partial charge in [-0.1, -0.05) is 98.1 Å². The lowest BCUT2D eigenvalue weighted by Crippen LogP contribution is -2.45. The number of thioether (sulfide) groups is 1. The first-order chi connectivity index (χ1) is 21.9. The summed E-state index contributed by atoms with van der Waals surface area (Å²) in [6.07, 6.45) is 15.2. The molecule has 0 amide bonds. The van der Waals surface area contributed by atoms with Gasteiger partial charge in [-0.25, -0.2) is 0 Å². The number of methoxy groups -OCH3 is 1. The molecule has 0 aromatic heterocycles. The molecule has 47 heavy (non-hydrogen) atoms. The third kappa shape index (κ3) is 11.3. The topological polar surface area (TPSA) is 54.0 Å². The van der Waals surface area contributed by atoms with Crippen LogP contribution in [0.25, 0.3) is 0 Å². The number of rotatable bonds is 17. The summed E-state index contributed by atoms with van der Waals surface area (Å²) in [6.45, 7) is 25.7. The third-order valence-electron chi connectivity index (χ3n) is 11.0. The van der Waals surface area contributed by atoms with Gasteiger partial charge in [-0.3, -0.25) is 4.79 Å². The van der Waals surface area contributed by atoms with E-state index in [1.165, 1.54) is 31.3 Å². The van der Waals surface area contributed by atoms with Crippen molar-refractivity contribution in [2.24, 2.45) is 11.8 Å². The molecule has 2 aliphatic rings. The second-order valence-electron chi connectivity index (χ2n) is 16.7. The molecule has 1 aliphatic heterocycles. The molecule has 0 bridgehead atoms. The molecule has 3 rings (SSSR count). The van der Waals surface area contributed by atoms with Gasteiger partial charge in [0.2, 0.25) is 0 Å². The summed E-state index contributed by atoms with van der Waals surface area (Å²) in [5.74, 6) is 1.37. The van der Waals surface area contributed by atoms with Gasteiger partial charge in [0.1, 0.15) is 11.9 Å². The Labute approximate surface area is 294 Å². The second-order valence-corrected chi connectivity index (χ2v) is 27.5. The van der Waals surface area contributed by atoms with Crippen molar-refractivity contribution < 1.29 is 23.1 Å². The van der Waals surface area contributed by atoms with E-state index in [0.717, 1.165) is 31.4 Å². The van der Waals surface area contributed by atoms with Gasteiger partial charge >= 0.3 is 5.97 Å². The highest BCUT2D eigenvalue weighted by molar-refractivity contribution is 8.00. The molecule has 6 atom stereocenters. The predicted octanol–water partition coefficient (Wildman–Crippen LogP) is 11.3. The van der Waals surface area contributed by atoms with Crippen LogP contribution in [-0.4, -0.2) is 53.3 Å². The van der Waals surface area contributed by atoms with Crippen molar-refractivity contribution in [1.29, 1.82) is 0 Å². The number of esters is 1. The molecule has 0 spiro atoms. The molecule has 1 fully saturated rings. The summed E-state index contributed by atoms with van der Waals surface area (Å²) in [7, 11) is -2.49. The van der Waals surface area contributed by atoms with E-state index >= 15 is 0 Å². The van der Waals surface area contributed by atoms with Crippen molar-refractivity contribution in [1.82, 2.24) is 0 Å². The van der Waals surface area contributed by atoms with Crippen molar-refractivity contribution in [3.63, 3.8) is 0 Å². The number of hydrogen-bond donors (Lipinski definition) is 0. The number of ether oxygens (including phenoxy) is 2. The first kappa shape index (κ1) is 40.1. The monoisotopic (exact) mass is 702 g/mol. The van der Waals surface area contributed by atoms with Crippen LogP contribution in [-0.2, 0) is 23.1 Å². The highest BCUT2D eigenvalue weighted by Gasteiger charge is 2.51. The third-order valence-corrected chi connectivity index (χ3v) is 21.3. The van der Waals surface area contributed by atoms with Crippen LogP contribution in [0.1, 0.15) is 99.8 Å². The number of carbonyl (C=O) groups is 1. The fourth-order valence-electron chi connectivity index (χ4n) is 5.96. The molecule has 266 valence electrons. The van der Waals surface area contributed by atoms with Crippen LogP contribution in [0, 0.1) is 11.8 Å². The lowest BCUT2D eigenvalue weighted by Gasteiger charge is -2.40. The van der Waals surface area contributed by atoms with Crippen molar-refractivity contribution in [2.45, 2.75) is 165 Å². The maximum Gasteiger partial charge on any atom is 0.305 e. The molecule has 8 heteroatoms. The first-order valence-electron chi connectivity index (χ1n) is 18.1. The van der Waals surface area contributed by atoms with Crippen molar-refractivity contribution in [3.8, 4) is 0 Å². The zero-order valence-electron chi connectivity index (χ0n) is 31.7. The van der Waals surface area contributed by atoms with Crippen LogP contribution in [0.15, 0.2) is 59.2 Å². The average Bonchev–Trinajstić information content (AvgIpc) is 3.52. The zero-order valence-corrected chi connectivity index (χ0v) is 34.5. The Balaban J connectivity index is 1.94. The SMILES string of the molecule is CCCCC[C@@H](/C=C/[C@@H]1[C@H]2C=C([C@@H](CCCC(=O)OC)Sc3ccccc3)O[C@H]2C[C@H]1O[Si](C)(C)C(C)(C)C)O[Si](C)(C)C(C)(C)C. The van der Waals surface area contributed by atoms with Gasteiger partial charge in [0, 0.05) is 29.6 Å². The van der Waals surface area contributed by atoms with E-state index in [1.807, 2.05) is 11.8 Å². The molecule has 1 heterocycles. The molecule has 1 aromatic rings. The Bertz CT molecular complexity index is 1180. The van der Waals surface area contributed by atoms with Gasteiger partial charge in [0.05, 0.1) is 24.6 Å². The van der Waals surface area contributed by atoms with Gasteiger partial charge in [-0.05, 0) is 73.7 Å². The summed E-state index contributed by atoms with van der Waals surface area (Å²) >= 11 is 1.83. The highest BCUT2D eigenvalue weighted by Crippen LogP contribution is 2.49. The van der Waals surface area contributed by atoms with Crippen LogP contribution in [0.5, 0.6) is 0 Å². The van der Waals surface area contributed by atoms with E-state index in [2.05, 4.69) is 123 Å². The molecule has 1 aliphatic carbocycles. The normalized spacial score (nSPS) is 23.4. The lowest BCUT2D eigenvalue weighted by atomic mass is 9.92. The summed E-state index contributed by atoms with van der Waals surface area (Å²) in [5.41, 5.74) is 0. The summed E-state index contributed by atoms with van der Waals surface area (Å²) in [6, 6.07) is 10.5. The number of hydrogen-bond acceptors (Lipinski definition) is 6. The Morgan fingerprint density at radius 3 is 2.23 bits per heavy atom. The van der Waals surface area contributed by atoms with Crippen LogP contribution >= 0.6 is 11.8 Å². The summed E-state index contributed by atoms with van der Waals surface area (Å²) < 4.78 is 26.0. The summed E-state index contributed by atoms with van der Waals surface area (Å²) in [5, 5.41) is 0.430. The highest BCUT2D eigenvalue weighted by atomic mass is 32.2. The fourth-order valence-corrected chi connectivity index (χ4v) is 9.81. The van der Waals surface area contributed by atoms with Crippen molar-refractivity contribution >= 4 is 34.4 Å². The average molecular weight is 703 g/mol. The Kier molecular flexibility index (Phi) is 14.6. The molecule has 1 aromatic carbocycles. The minimum absolute atomic E-state index is 0.0914. The van der Waals surface area contributed by atoms with Crippen LogP contribution < -0.4 is 0 Å². The second kappa shape index (κ2) is 17.1. The minimum atomic E-state index is -2.01. The van der Waals surface area contributed by atoms with Crippen LogP contribution in [0.2, 0.25) is 36.3 Å². The molecule has 0 saturated heterocycles. The van der Waals surface area contributed by atoms with Gasteiger partial charge in [-0.2, -0.15) is 0 Å². The molecule has 0 radical (unpaired) electrons. The van der Waals surface area contributed by atoms with Crippen molar-refractivity contribution in [3.05, 3.63) is 54.3 Å². The molecular formula is C39H66O5SSi2. The number of unbranched alkanes of at least 4 members (excludes halogenated alkanes) is 2. The Hall–Kier alpha value is -1.33. The molecule has 0 N–H and O–H groups in total. The van der Waals surface area contributed by atoms with E-state index in [-0.39, 0.29) is 51.4 Å². The maximum absolute atomic E-state index is 11.9. The number of carbonyl (C=O) groups excluding carboxylic acids is 1. The smallest absolute Gasteiger partial charge is 0.305 e. The maximum atomic E-state index is 11.9. The van der Waals surface area contributed by atoms with E-state index in [4.69, 9.17) is 18.3 Å². The summed E-state index contributed by atoms with van der Waals surface area (Å²) in [4.78, 5) is 13.2. The van der Waals surface area contributed by atoms with Gasteiger partial charge in [0.15, 0.2) is 16.6 Å². The Morgan fingerprint density at radius 2 is 1.64 bits per heavy atom. The van der Waals surface area contributed by atoms with E-state index in [9.17, 15) is 4.79 Å². The minimum Gasteiger partial charge on any atom is -0.493 e. The van der Waals surface area contributed by atoms with Crippen molar-refractivity contribution in [2.75, 3.05) is 7.11 Å². The first-order valence-corrected chi connectivity index (χ1v) is 24.8. The van der Waals surface area contributed by atoms with Gasteiger partial charge in [-0.15, -0.1) is 11.8 Å². The van der Waals surface area contributed by atoms with Crippen LogP contribution in [0.4, 0.5) is 0 Å². The Morgan fingerprint density at radius 1 is 0.979 bits per heavy atom. The molecule has 0 unspecified atom stereocenters. The number of fused-ring (bicyclic) bond motifs is 1. The molecular weight excluding hydrogens is 637 g/mol. The quantitative estimate of drug-likeness (QED) is 0.0529. The molecule has 5 nitrogen and oxygen atoms in total. The van der Waals surface area contributed by atoms with Gasteiger partial charge < -0.3 is 18.3 Å². The lowest BCUT2D eigenvalue weighted by molar-refractivity contribution is -0.140. The molecule has 1 saturated carbocycles. The standard InChI is InChI=1S/C39H66O5SSi2/c1-13-14-16-20-29(43-46(9,10)38(2,3)4)25-26-31-32-27-35(42-33(32)28-34(31)44-47(11,12)39(5,6)7)36(23-19-24-37(40)41-8)45-30-21-17-15-18-22-30/h15,17-18,21-22,25-27,29,31-34,36H,13-14,16,19-20,23-24,28H2,1-12H3/b26-25+/t29-,31+,32+,33-,34+,36+/m0/s1. The predicted molar refractivity (Wildman–Crippen MR) is 204 cm³/mol.